The van der Waals surface area contributed by atoms with Crippen molar-refractivity contribution in [3.05, 3.63) is 5.82 Å². The molecule has 1 aromatic rings. The third-order valence-electron chi connectivity index (χ3n) is 3.08. The predicted octanol–water partition coefficient (Wildman–Crippen LogP) is 1.14. The van der Waals surface area contributed by atoms with E-state index in [2.05, 4.69) is 22.4 Å². The molecule has 1 aromatic heterocycles. The lowest BCUT2D eigenvalue weighted by Gasteiger charge is -2.15. The Kier molecular flexibility index (Phi) is 2.90. The maximum Gasteiger partial charge on any atom is 0.224 e. The van der Waals surface area contributed by atoms with Crippen molar-refractivity contribution in [2.75, 3.05) is 19.0 Å². The Balaban J connectivity index is 2.24. The van der Waals surface area contributed by atoms with Gasteiger partial charge in [-0.1, -0.05) is 6.92 Å². The Hall–Kier alpha value is -1.10. The van der Waals surface area contributed by atoms with Crippen LogP contribution in [0.4, 0.5) is 5.95 Å². The van der Waals surface area contributed by atoms with Crippen molar-refractivity contribution in [3.8, 4) is 0 Å². The largest absolute Gasteiger partial charge is 0.377 e. The van der Waals surface area contributed by atoms with Crippen LogP contribution < -0.4 is 5.32 Å². The standard InChI is InChI=1S/C10H18N4O/c1-4-8-7(5-6-15-8)9-12-13-10(11-2)14(9)3/h7-8H,4-6H2,1-3H3,(H,11,13). The molecule has 1 fully saturated rings. The van der Waals surface area contributed by atoms with Gasteiger partial charge in [-0.25, -0.2) is 0 Å². The summed E-state index contributed by atoms with van der Waals surface area (Å²) in [5, 5.41) is 11.4. The number of rotatable bonds is 3. The van der Waals surface area contributed by atoms with E-state index in [4.69, 9.17) is 4.74 Å². The molecule has 0 bridgehead atoms. The maximum absolute atomic E-state index is 5.67. The first-order valence-corrected chi connectivity index (χ1v) is 5.46. The molecule has 2 atom stereocenters. The molecule has 0 spiro atoms. The lowest BCUT2D eigenvalue weighted by atomic mass is 9.99. The number of nitrogens with zero attached hydrogens (tertiary/aromatic N) is 3. The fourth-order valence-electron chi connectivity index (χ4n) is 2.23. The van der Waals surface area contributed by atoms with Crippen molar-refractivity contribution >= 4 is 5.95 Å². The summed E-state index contributed by atoms with van der Waals surface area (Å²) in [5.74, 6) is 2.24. The fraction of sp³-hybridized carbons (Fsp3) is 0.800. The average molecular weight is 210 g/mol. The number of hydrogen-bond donors (Lipinski definition) is 1. The second-order valence-electron chi connectivity index (χ2n) is 3.90. The SMILES string of the molecule is CCC1OCCC1c1nnc(NC)n1C. The zero-order valence-electron chi connectivity index (χ0n) is 9.53. The quantitative estimate of drug-likeness (QED) is 0.812. The fourth-order valence-corrected chi connectivity index (χ4v) is 2.23. The summed E-state index contributed by atoms with van der Waals surface area (Å²) in [4.78, 5) is 0. The van der Waals surface area contributed by atoms with Gasteiger partial charge in [-0.3, -0.25) is 0 Å². The van der Waals surface area contributed by atoms with Gasteiger partial charge < -0.3 is 14.6 Å². The molecule has 2 rings (SSSR count). The van der Waals surface area contributed by atoms with E-state index in [-0.39, 0.29) is 0 Å². The van der Waals surface area contributed by atoms with Gasteiger partial charge in [-0.05, 0) is 12.8 Å². The molecule has 84 valence electrons. The second-order valence-corrected chi connectivity index (χ2v) is 3.90. The molecule has 0 saturated carbocycles. The van der Waals surface area contributed by atoms with Gasteiger partial charge in [0.25, 0.3) is 0 Å². The van der Waals surface area contributed by atoms with E-state index in [1.807, 2.05) is 18.7 Å². The van der Waals surface area contributed by atoms with Crippen LogP contribution in [0.15, 0.2) is 0 Å². The minimum Gasteiger partial charge on any atom is -0.377 e. The molecule has 15 heavy (non-hydrogen) atoms. The van der Waals surface area contributed by atoms with E-state index in [1.54, 1.807) is 0 Å². The predicted molar refractivity (Wildman–Crippen MR) is 57.9 cm³/mol. The normalized spacial score (nSPS) is 25.8. The minimum atomic E-state index is 0.303. The van der Waals surface area contributed by atoms with Crippen LogP contribution in [-0.4, -0.2) is 34.5 Å². The van der Waals surface area contributed by atoms with Crippen LogP contribution in [0.5, 0.6) is 0 Å². The first-order valence-electron chi connectivity index (χ1n) is 5.46. The molecular formula is C10H18N4O. The van der Waals surface area contributed by atoms with Gasteiger partial charge in [0.05, 0.1) is 6.10 Å². The van der Waals surface area contributed by atoms with Crippen LogP contribution in [0.3, 0.4) is 0 Å². The Morgan fingerprint density at radius 1 is 1.53 bits per heavy atom. The van der Waals surface area contributed by atoms with Crippen molar-refractivity contribution in [1.82, 2.24) is 14.8 Å². The summed E-state index contributed by atoms with van der Waals surface area (Å²) in [6.07, 6.45) is 2.39. The highest BCUT2D eigenvalue weighted by atomic mass is 16.5. The number of nitrogens with one attached hydrogen (secondary N) is 1. The van der Waals surface area contributed by atoms with Gasteiger partial charge in [0, 0.05) is 26.6 Å². The van der Waals surface area contributed by atoms with Gasteiger partial charge in [0.2, 0.25) is 5.95 Å². The van der Waals surface area contributed by atoms with Gasteiger partial charge in [0.15, 0.2) is 0 Å². The third-order valence-corrected chi connectivity index (χ3v) is 3.08. The van der Waals surface area contributed by atoms with Crippen LogP contribution in [-0.2, 0) is 11.8 Å². The zero-order chi connectivity index (χ0) is 10.8. The van der Waals surface area contributed by atoms with Crippen LogP contribution in [0.1, 0.15) is 31.5 Å². The molecule has 1 N–H and O–H groups in total. The summed E-state index contributed by atoms with van der Waals surface area (Å²) < 4.78 is 7.68. The first kappa shape index (κ1) is 10.4. The van der Waals surface area contributed by atoms with E-state index >= 15 is 0 Å². The Morgan fingerprint density at radius 3 is 2.93 bits per heavy atom. The monoisotopic (exact) mass is 210 g/mol. The van der Waals surface area contributed by atoms with Gasteiger partial charge in [-0.2, -0.15) is 0 Å². The summed E-state index contributed by atoms with van der Waals surface area (Å²) >= 11 is 0. The lowest BCUT2D eigenvalue weighted by Crippen LogP contribution is -2.17. The molecule has 5 nitrogen and oxygen atoms in total. The van der Waals surface area contributed by atoms with Gasteiger partial charge in [-0.15, -0.1) is 10.2 Å². The minimum absolute atomic E-state index is 0.303. The molecular weight excluding hydrogens is 192 g/mol. The van der Waals surface area contributed by atoms with Crippen LogP contribution >= 0.6 is 0 Å². The zero-order valence-corrected chi connectivity index (χ0v) is 9.53. The lowest BCUT2D eigenvalue weighted by molar-refractivity contribution is 0.0990. The number of anilines is 1. The molecule has 2 heterocycles. The Labute approximate surface area is 89.8 Å². The summed E-state index contributed by atoms with van der Waals surface area (Å²) in [5.41, 5.74) is 0. The number of aromatic nitrogens is 3. The second kappa shape index (κ2) is 4.18. The van der Waals surface area contributed by atoms with E-state index in [1.165, 1.54) is 0 Å². The van der Waals surface area contributed by atoms with Crippen molar-refractivity contribution in [2.24, 2.45) is 7.05 Å². The van der Waals surface area contributed by atoms with E-state index in [0.29, 0.717) is 12.0 Å². The van der Waals surface area contributed by atoms with Crippen molar-refractivity contribution in [2.45, 2.75) is 31.8 Å². The van der Waals surface area contributed by atoms with Crippen LogP contribution in [0.25, 0.3) is 0 Å². The van der Waals surface area contributed by atoms with Crippen LogP contribution in [0, 0.1) is 0 Å². The molecule has 0 amide bonds. The molecule has 1 aliphatic rings. The maximum atomic E-state index is 5.67. The smallest absolute Gasteiger partial charge is 0.224 e. The summed E-state index contributed by atoms with van der Waals surface area (Å²) in [6, 6.07) is 0. The summed E-state index contributed by atoms with van der Waals surface area (Å²) in [6.45, 7) is 2.99. The average Bonchev–Trinajstić information content (AvgIpc) is 2.83. The van der Waals surface area contributed by atoms with Gasteiger partial charge in [0.1, 0.15) is 5.82 Å². The first-order chi connectivity index (χ1) is 7.27. The molecule has 2 unspecified atom stereocenters. The summed E-state index contributed by atoms with van der Waals surface area (Å²) in [7, 11) is 3.85. The highest BCUT2D eigenvalue weighted by Gasteiger charge is 2.32. The van der Waals surface area contributed by atoms with Crippen LogP contribution in [0.2, 0.25) is 0 Å². The van der Waals surface area contributed by atoms with Crippen molar-refractivity contribution in [1.29, 1.82) is 0 Å². The van der Waals surface area contributed by atoms with Crippen molar-refractivity contribution < 1.29 is 4.74 Å². The topological polar surface area (TPSA) is 52.0 Å². The highest BCUT2D eigenvalue weighted by Crippen LogP contribution is 2.32. The Bertz CT molecular complexity index is 336. The molecule has 1 aliphatic heterocycles. The number of hydrogen-bond acceptors (Lipinski definition) is 4. The third kappa shape index (κ3) is 1.71. The Morgan fingerprint density at radius 2 is 2.33 bits per heavy atom. The highest BCUT2D eigenvalue weighted by molar-refractivity contribution is 5.25. The molecule has 0 aliphatic carbocycles. The molecule has 0 aromatic carbocycles. The molecule has 1 saturated heterocycles. The molecule has 5 heteroatoms. The van der Waals surface area contributed by atoms with E-state index in [9.17, 15) is 0 Å². The van der Waals surface area contributed by atoms with E-state index in [0.717, 1.165) is 31.2 Å². The van der Waals surface area contributed by atoms with Gasteiger partial charge >= 0.3 is 0 Å². The van der Waals surface area contributed by atoms with E-state index < -0.39 is 0 Å². The number of ether oxygens (including phenoxy) is 1. The molecule has 0 radical (unpaired) electrons. The van der Waals surface area contributed by atoms with Crippen molar-refractivity contribution in [3.63, 3.8) is 0 Å².